The van der Waals surface area contributed by atoms with Crippen molar-refractivity contribution in [3.8, 4) is 0 Å². The number of halogens is 2. The Morgan fingerprint density at radius 2 is 2.20 bits per heavy atom. The van der Waals surface area contributed by atoms with Crippen LogP contribution >= 0.6 is 11.6 Å². The lowest BCUT2D eigenvalue weighted by atomic mass is 10.1. The number of aryl methyl sites for hydroxylation is 1. The molecule has 1 aromatic rings. The summed E-state index contributed by atoms with van der Waals surface area (Å²) in [7, 11) is 0. The number of hydrogen-bond donors (Lipinski definition) is 1. The first-order valence-corrected chi connectivity index (χ1v) is 5.71. The molecule has 0 radical (unpaired) electrons. The number of nitrogens with one attached hydrogen (secondary N) is 1. The van der Waals surface area contributed by atoms with Gasteiger partial charge in [0, 0.05) is 18.5 Å². The first-order valence-electron chi connectivity index (χ1n) is 5.18. The van der Waals surface area contributed by atoms with Crippen LogP contribution in [0.5, 0.6) is 0 Å². The van der Waals surface area contributed by atoms with E-state index >= 15 is 0 Å². The lowest BCUT2D eigenvalue weighted by Crippen LogP contribution is -2.26. The summed E-state index contributed by atoms with van der Waals surface area (Å²) in [6, 6.07) is 5.24. The van der Waals surface area contributed by atoms with Crippen molar-refractivity contribution in [2.45, 2.75) is 32.9 Å². The van der Waals surface area contributed by atoms with Crippen LogP contribution in [-0.2, 0) is 6.54 Å². The van der Waals surface area contributed by atoms with E-state index in [0.29, 0.717) is 18.5 Å². The molecule has 0 aromatic heterocycles. The molecule has 1 unspecified atom stereocenters. The quantitative estimate of drug-likeness (QED) is 0.765. The molecule has 0 bridgehead atoms. The highest BCUT2D eigenvalue weighted by Gasteiger charge is 2.03. The Morgan fingerprint density at radius 1 is 1.47 bits per heavy atom. The molecule has 1 aromatic carbocycles. The maximum atomic E-state index is 13.0. The summed E-state index contributed by atoms with van der Waals surface area (Å²) in [4.78, 5) is 0. The molecule has 84 valence electrons. The van der Waals surface area contributed by atoms with E-state index < -0.39 is 0 Å². The van der Waals surface area contributed by atoms with Gasteiger partial charge in [0.2, 0.25) is 0 Å². The van der Waals surface area contributed by atoms with Gasteiger partial charge in [-0.1, -0.05) is 6.07 Å². The fraction of sp³-hybridized carbons (Fsp3) is 0.500. The van der Waals surface area contributed by atoms with Gasteiger partial charge < -0.3 is 5.32 Å². The Morgan fingerprint density at radius 3 is 2.87 bits per heavy atom. The molecular formula is C12H17ClFN. The third-order valence-corrected chi connectivity index (χ3v) is 2.71. The minimum Gasteiger partial charge on any atom is -0.310 e. The molecule has 0 aliphatic heterocycles. The van der Waals surface area contributed by atoms with Crippen LogP contribution in [-0.4, -0.2) is 11.9 Å². The molecule has 1 nitrogen and oxygen atoms in total. The first kappa shape index (κ1) is 12.5. The van der Waals surface area contributed by atoms with Gasteiger partial charge in [-0.25, -0.2) is 4.39 Å². The van der Waals surface area contributed by atoms with E-state index in [-0.39, 0.29) is 5.82 Å². The lowest BCUT2D eigenvalue weighted by Gasteiger charge is -2.13. The second-order valence-electron chi connectivity index (χ2n) is 3.83. The van der Waals surface area contributed by atoms with Gasteiger partial charge in [-0.3, -0.25) is 0 Å². The minimum atomic E-state index is -0.178. The van der Waals surface area contributed by atoms with Crippen molar-refractivity contribution < 1.29 is 4.39 Å². The summed E-state index contributed by atoms with van der Waals surface area (Å²) in [5.74, 6) is 0.471. The van der Waals surface area contributed by atoms with Gasteiger partial charge in [0.1, 0.15) is 5.82 Å². The van der Waals surface area contributed by atoms with E-state index in [4.69, 9.17) is 11.6 Å². The number of hydrogen-bond acceptors (Lipinski definition) is 1. The fourth-order valence-electron chi connectivity index (χ4n) is 1.38. The zero-order valence-corrected chi connectivity index (χ0v) is 9.94. The maximum Gasteiger partial charge on any atom is 0.123 e. The minimum absolute atomic E-state index is 0.178. The molecule has 0 saturated heterocycles. The first-order chi connectivity index (χ1) is 7.13. The summed E-state index contributed by atoms with van der Waals surface area (Å²) in [6.45, 7) is 4.77. The number of benzene rings is 1. The predicted octanol–water partition coefficient (Wildman–Crippen LogP) is 3.24. The molecule has 0 spiro atoms. The molecule has 0 aliphatic rings. The molecule has 0 heterocycles. The van der Waals surface area contributed by atoms with Crippen molar-refractivity contribution in [1.29, 1.82) is 0 Å². The molecule has 1 atom stereocenters. The van der Waals surface area contributed by atoms with Crippen LogP contribution in [0.3, 0.4) is 0 Å². The highest BCUT2D eigenvalue weighted by Crippen LogP contribution is 2.10. The topological polar surface area (TPSA) is 12.0 Å². The van der Waals surface area contributed by atoms with Crippen molar-refractivity contribution >= 4 is 11.6 Å². The Labute approximate surface area is 95.6 Å². The van der Waals surface area contributed by atoms with Crippen LogP contribution in [0.2, 0.25) is 0 Å². The maximum absolute atomic E-state index is 13.0. The van der Waals surface area contributed by atoms with E-state index in [1.54, 1.807) is 12.1 Å². The molecule has 1 N–H and O–H groups in total. The average molecular weight is 230 g/mol. The zero-order valence-electron chi connectivity index (χ0n) is 9.19. The van der Waals surface area contributed by atoms with Gasteiger partial charge in [-0.05, 0) is 43.5 Å². The van der Waals surface area contributed by atoms with E-state index in [1.165, 1.54) is 6.07 Å². The van der Waals surface area contributed by atoms with Crippen molar-refractivity contribution in [3.63, 3.8) is 0 Å². The van der Waals surface area contributed by atoms with E-state index in [0.717, 1.165) is 17.5 Å². The van der Waals surface area contributed by atoms with Gasteiger partial charge in [0.15, 0.2) is 0 Å². The van der Waals surface area contributed by atoms with Crippen molar-refractivity contribution in [3.05, 3.63) is 35.1 Å². The molecule has 15 heavy (non-hydrogen) atoms. The van der Waals surface area contributed by atoms with Crippen LogP contribution in [0.15, 0.2) is 18.2 Å². The second-order valence-corrected chi connectivity index (χ2v) is 4.21. The summed E-state index contributed by atoms with van der Waals surface area (Å²) < 4.78 is 13.0. The summed E-state index contributed by atoms with van der Waals surface area (Å²) in [5, 5.41) is 3.32. The van der Waals surface area contributed by atoms with Crippen LogP contribution in [0, 0.1) is 12.7 Å². The lowest BCUT2D eigenvalue weighted by molar-refractivity contribution is 0.533. The van der Waals surface area contributed by atoms with Crippen molar-refractivity contribution in [1.82, 2.24) is 5.32 Å². The highest BCUT2D eigenvalue weighted by molar-refractivity contribution is 6.17. The Hall–Kier alpha value is -0.600. The third-order valence-electron chi connectivity index (χ3n) is 2.49. The van der Waals surface area contributed by atoms with Crippen LogP contribution in [0.4, 0.5) is 4.39 Å². The molecule has 0 saturated carbocycles. The van der Waals surface area contributed by atoms with E-state index in [1.807, 2.05) is 6.92 Å². The summed E-state index contributed by atoms with van der Waals surface area (Å²) in [6.07, 6.45) is 0.927. The normalized spacial score (nSPS) is 12.8. The van der Waals surface area contributed by atoms with Gasteiger partial charge in [-0.15, -0.1) is 11.6 Å². The molecule has 3 heteroatoms. The molecule has 0 fully saturated rings. The van der Waals surface area contributed by atoms with Gasteiger partial charge >= 0.3 is 0 Å². The van der Waals surface area contributed by atoms with Crippen LogP contribution in [0.1, 0.15) is 24.5 Å². The molecular weight excluding hydrogens is 213 g/mol. The predicted molar refractivity (Wildman–Crippen MR) is 62.8 cm³/mol. The van der Waals surface area contributed by atoms with Crippen molar-refractivity contribution in [2.24, 2.45) is 0 Å². The second kappa shape index (κ2) is 6.09. The zero-order chi connectivity index (χ0) is 11.3. The summed E-state index contributed by atoms with van der Waals surface area (Å²) in [5.41, 5.74) is 2.12. The van der Waals surface area contributed by atoms with E-state index in [9.17, 15) is 4.39 Å². The SMILES string of the molecule is Cc1ccc(F)cc1CNC(C)CCCl. The Balaban J connectivity index is 2.53. The Kier molecular flexibility index (Phi) is 5.06. The summed E-state index contributed by atoms with van der Waals surface area (Å²) >= 11 is 5.63. The largest absolute Gasteiger partial charge is 0.310 e. The molecule has 1 rings (SSSR count). The number of alkyl halides is 1. The number of rotatable bonds is 5. The fourth-order valence-corrected chi connectivity index (χ4v) is 1.71. The molecule has 0 aliphatic carbocycles. The monoisotopic (exact) mass is 229 g/mol. The van der Waals surface area contributed by atoms with Gasteiger partial charge in [-0.2, -0.15) is 0 Å². The van der Waals surface area contributed by atoms with Gasteiger partial charge in [0.25, 0.3) is 0 Å². The average Bonchev–Trinajstić information content (AvgIpc) is 2.20. The van der Waals surface area contributed by atoms with Crippen molar-refractivity contribution in [2.75, 3.05) is 5.88 Å². The standard InChI is InChI=1S/C12H17ClFN/c1-9-3-4-12(14)7-11(9)8-15-10(2)5-6-13/h3-4,7,10,15H,5-6,8H2,1-2H3. The van der Waals surface area contributed by atoms with Gasteiger partial charge in [0.05, 0.1) is 0 Å². The Bertz CT molecular complexity index is 314. The molecule has 0 amide bonds. The van der Waals surface area contributed by atoms with E-state index in [2.05, 4.69) is 12.2 Å². The smallest absolute Gasteiger partial charge is 0.123 e. The highest BCUT2D eigenvalue weighted by atomic mass is 35.5. The van der Waals surface area contributed by atoms with Crippen LogP contribution in [0.25, 0.3) is 0 Å². The third kappa shape index (κ3) is 4.18. The van der Waals surface area contributed by atoms with Crippen LogP contribution < -0.4 is 5.32 Å².